The van der Waals surface area contributed by atoms with Crippen LogP contribution in [0, 0.1) is 3.57 Å². The molecule has 3 heteroatoms. The Labute approximate surface area is 122 Å². The topological polar surface area (TPSA) is 29.3 Å². The maximum absolute atomic E-state index is 5.78. The molecular formula is C15H17IN2. The van der Waals surface area contributed by atoms with Crippen LogP contribution >= 0.6 is 22.6 Å². The number of benzene rings is 2. The molecule has 0 unspecified atom stereocenters. The Kier molecular flexibility index (Phi) is 4.60. The Balaban J connectivity index is 1.96. The number of nitrogen functional groups attached to an aromatic ring is 1. The first-order chi connectivity index (χ1) is 8.63. The lowest BCUT2D eigenvalue weighted by Crippen LogP contribution is -2.17. The molecule has 2 aromatic carbocycles. The Morgan fingerprint density at radius 1 is 1.00 bits per heavy atom. The minimum Gasteiger partial charge on any atom is -0.399 e. The van der Waals surface area contributed by atoms with E-state index in [4.69, 9.17) is 5.73 Å². The monoisotopic (exact) mass is 352 g/mol. The first-order valence-electron chi connectivity index (χ1n) is 5.91. The largest absolute Gasteiger partial charge is 0.399 e. The predicted molar refractivity (Wildman–Crippen MR) is 85.2 cm³/mol. The van der Waals surface area contributed by atoms with Crippen LogP contribution in [0.4, 0.5) is 5.69 Å². The van der Waals surface area contributed by atoms with Gasteiger partial charge in [-0.05, 0) is 65.0 Å². The van der Waals surface area contributed by atoms with Crippen LogP contribution in [0.2, 0.25) is 0 Å². The molecule has 18 heavy (non-hydrogen) atoms. The zero-order valence-corrected chi connectivity index (χ0v) is 12.6. The number of halogens is 1. The molecule has 0 aliphatic rings. The summed E-state index contributed by atoms with van der Waals surface area (Å²) >= 11 is 2.32. The van der Waals surface area contributed by atoms with Crippen LogP contribution in [0.5, 0.6) is 0 Å². The third-order valence-corrected chi connectivity index (χ3v) is 3.49. The number of rotatable bonds is 4. The molecule has 0 atom stereocenters. The first kappa shape index (κ1) is 13.4. The van der Waals surface area contributed by atoms with Gasteiger partial charge < -0.3 is 5.73 Å². The van der Waals surface area contributed by atoms with Crippen molar-refractivity contribution in [2.24, 2.45) is 0 Å². The van der Waals surface area contributed by atoms with Gasteiger partial charge in [0.2, 0.25) is 0 Å². The predicted octanol–water partition coefficient (Wildman–Crippen LogP) is 3.51. The van der Waals surface area contributed by atoms with Crippen LogP contribution in [0.1, 0.15) is 11.1 Å². The van der Waals surface area contributed by atoms with Crippen molar-refractivity contribution in [1.82, 2.24) is 4.90 Å². The number of hydrogen-bond acceptors (Lipinski definition) is 2. The quantitative estimate of drug-likeness (QED) is 0.674. The zero-order chi connectivity index (χ0) is 13.0. The average molecular weight is 352 g/mol. The van der Waals surface area contributed by atoms with E-state index in [1.807, 2.05) is 18.2 Å². The molecule has 0 heterocycles. The summed E-state index contributed by atoms with van der Waals surface area (Å²) in [6.07, 6.45) is 0. The van der Waals surface area contributed by atoms with Crippen molar-refractivity contribution in [2.75, 3.05) is 12.8 Å². The van der Waals surface area contributed by atoms with Crippen molar-refractivity contribution < 1.29 is 0 Å². The van der Waals surface area contributed by atoms with E-state index in [1.54, 1.807) is 0 Å². The highest BCUT2D eigenvalue weighted by molar-refractivity contribution is 14.1. The fraction of sp³-hybridized carbons (Fsp3) is 0.200. The summed E-state index contributed by atoms with van der Waals surface area (Å²) in [5, 5.41) is 0. The molecule has 0 saturated heterocycles. The van der Waals surface area contributed by atoms with E-state index >= 15 is 0 Å². The van der Waals surface area contributed by atoms with Crippen molar-refractivity contribution in [3.05, 3.63) is 63.2 Å². The van der Waals surface area contributed by atoms with Crippen molar-refractivity contribution >= 4 is 28.3 Å². The van der Waals surface area contributed by atoms with Gasteiger partial charge in [-0.2, -0.15) is 0 Å². The summed E-state index contributed by atoms with van der Waals surface area (Å²) in [4.78, 5) is 2.29. The van der Waals surface area contributed by atoms with Crippen LogP contribution in [0.3, 0.4) is 0 Å². The van der Waals surface area contributed by atoms with Gasteiger partial charge >= 0.3 is 0 Å². The summed E-state index contributed by atoms with van der Waals surface area (Å²) < 4.78 is 1.27. The summed E-state index contributed by atoms with van der Waals surface area (Å²) in [6.45, 7) is 1.86. The lowest BCUT2D eigenvalue weighted by Gasteiger charge is -2.17. The zero-order valence-electron chi connectivity index (χ0n) is 10.4. The van der Waals surface area contributed by atoms with Gasteiger partial charge in [-0.1, -0.05) is 24.3 Å². The van der Waals surface area contributed by atoms with Crippen molar-refractivity contribution in [3.8, 4) is 0 Å². The molecule has 0 amide bonds. The third-order valence-electron chi connectivity index (χ3n) is 2.77. The third kappa shape index (κ3) is 3.99. The van der Waals surface area contributed by atoms with E-state index in [2.05, 4.69) is 64.9 Å². The molecule has 2 N–H and O–H groups in total. The second-order valence-electron chi connectivity index (χ2n) is 4.54. The second-order valence-corrected chi connectivity index (χ2v) is 5.79. The molecule has 0 bridgehead atoms. The molecule has 2 rings (SSSR count). The summed E-state index contributed by atoms with van der Waals surface area (Å²) in [6, 6.07) is 16.7. The van der Waals surface area contributed by atoms with E-state index in [-0.39, 0.29) is 0 Å². The number of anilines is 1. The van der Waals surface area contributed by atoms with Gasteiger partial charge in [-0.3, -0.25) is 4.90 Å². The highest BCUT2D eigenvalue weighted by Gasteiger charge is 2.02. The van der Waals surface area contributed by atoms with Crippen LogP contribution in [0.15, 0.2) is 48.5 Å². The Hall–Kier alpha value is -1.07. The highest BCUT2D eigenvalue weighted by Crippen LogP contribution is 2.12. The lowest BCUT2D eigenvalue weighted by atomic mass is 10.1. The smallest absolute Gasteiger partial charge is 0.0317 e. The number of hydrogen-bond donors (Lipinski definition) is 1. The van der Waals surface area contributed by atoms with Gasteiger partial charge in [0.1, 0.15) is 0 Å². The SMILES string of the molecule is CN(Cc1ccc(I)cc1)Cc1cccc(N)c1. The highest BCUT2D eigenvalue weighted by atomic mass is 127. The van der Waals surface area contributed by atoms with Crippen LogP contribution in [-0.4, -0.2) is 11.9 Å². The van der Waals surface area contributed by atoms with Gasteiger partial charge in [0.15, 0.2) is 0 Å². The average Bonchev–Trinajstić information content (AvgIpc) is 2.32. The molecule has 2 nitrogen and oxygen atoms in total. The normalized spacial score (nSPS) is 10.8. The van der Waals surface area contributed by atoms with Gasteiger partial charge in [-0.25, -0.2) is 0 Å². The standard InChI is InChI=1S/C15H17IN2/c1-18(10-12-5-7-14(16)8-6-12)11-13-3-2-4-15(17)9-13/h2-9H,10-11,17H2,1H3. The molecule has 0 aliphatic carbocycles. The molecule has 0 aromatic heterocycles. The van der Waals surface area contributed by atoms with Gasteiger partial charge in [-0.15, -0.1) is 0 Å². The Bertz CT molecular complexity index is 508. The summed E-state index contributed by atoms with van der Waals surface area (Å²) in [5.74, 6) is 0. The Morgan fingerprint density at radius 3 is 2.33 bits per heavy atom. The fourth-order valence-corrected chi connectivity index (χ4v) is 2.32. The van der Waals surface area contributed by atoms with E-state index in [1.165, 1.54) is 14.7 Å². The molecule has 0 saturated carbocycles. The minimum absolute atomic E-state index is 0.829. The molecule has 94 valence electrons. The first-order valence-corrected chi connectivity index (χ1v) is 6.99. The number of nitrogens with two attached hydrogens (primary N) is 1. The van der Waals surface area contributed by atoms with E-state index in [9.17, 15) is 0 Å². The molecule has 0 fully saturated rings. The van der Waals surface area contributed by atoms with E-state index in [0.717, 1.165) is 18.8 Å². The molecule has 2 aromatic rings. The molecule has 0 spiro atoms. The van der Waals surface area contributed by atoms with Crippen LogP contribution in [-0.2, 0) is 13.1 Å². The van der Waals surface area contributed by atoms with Crippen molar-refractivity contribution in [1.29, 1.82) is 0 Å². The van der Waals surface area contributed by atoms with Crippen LogP contribution < -0.4 is 5.73 Å². The van der Waals surface area contributed by atoms with E-state index in [0.29, 0.717) is 0 Å². The van der Waals surface area contributed by atoms with Crippen molar-refractivity contribution in [2.45, 2.75) is 13.1 Å². The van der Waals surface area contributed by atoms with Gasteiger partial charge in [0.25, 0.3) is 0 Å². The Morgan fingerprint density at radius 2 is 1.67 bits per heavy atom. The summed E-state index contributed by atoms with van der Waals surface area (Å²) in [5.41, 5.74) is 9.20. The van der Waals surface area contributed by atoms with Crippen molar-refractivity contribution in [3.63, 3.8) is 0 Å². The van der Waals surface area contributed by atoms with Gasteiger partial charge in [0.05, 0.1) is 0 Å². The maximum atomic E-state index is 5.78. The second kappa shape index (κ2) is 6.20. The number of nitrogens with zero attached hydrogens (tertiary/aromatic N) is 1. The lowest BCUT2D eigenvalue weighted by molar-refractivity contribution is 0.319. The molecule has 0 radical (unpaired) electrons. The van der Waals surface area contributed by atoms with Crippen LogP contribution in [0.25, 0.3) is 0 Å². The fourth-order valence-electron chi connectivity index (χ4n) is 1.96. The minimum atomic E-state index is 0.829. The molecule has 0 aliphatic heterocycles. The maximum Gasteiger partial charge on any atom is 0.0317 e. The van der Waals surface area contributed by atoms with Gasteiger partial charge in [0, 0.05) is 22.3 Å². The summed E-state index contributed by atoms with van der Waals surface area (Å²) in [7, 11) is 2.13. The van der Waals surface area contributed by atoms with E-state index < -0.39 is 0 Å². The molecular weight excluding hydrogens is 335 g/mol.